The number of carboxylic acid groups (broad SMARTS) is 1. The summed E-state index contributed by atoms with van der Waals surface area (Å²) in [6.07, 6.45) is 2.11. The summed E-state index contributed by atoms with van der Waals surface area (Å²) >= 11 is 6.16. The van der Waals surface area contributed by atoms with Crippen LogP contribution < -0.4 is 0 Å². The Kier molecular flexibility index (Phi) is 2.59. The molecule has 0 fully saturated rings. The Balaban J connectivity index is 2.13. The molecule has 94 valence electrons. The summed E-state index contributed by atoms with van der Waals surface area (Å²) in [5.41, 5.74) is 4.40. The molecule has 0 radical (unpaired) electrons. The molecule has 0 spiro atoms. The van der Waals surface area contributed by atoms with Crippen molar-refractivity contribution in [3.05, 3.63) is 34.0 Å². The smallest absolute Gasteiger partial charge is 0.306 e. The summed E-state index contributed by atoms with van der Waals surface area (Å²) in [7, 11) is 0. The summed E-state index contributed by atoms with van der Waals surface area (Å²) in [6.45, 7) is 1.97. The quantitative estimate of drug-likeness (QED) is 0.829. The first-order valence-electron chi connectivity index (χ1n) is 6.08. The second-order valence-electron chi connectivity index (χ2n) is 5.01. The third kappa shape index (κ3) is 1.70. The van der Waals surface area contributed by atoms with Gasteiger partial charge in [0.2, 0.25) is 0 Å². The van der Waals surface area contributed by atoms with Gasteiger partial charge in [-0.25, -0.2) is 0 Å². The van der Waals surface area contributed by atoms with E-state index in [0.717, 1.165) is 33.6 Å². The molecule has 3 rings (SSSR count). The molecule has 1 aromatic carbocycles. The molecular formula is C14H14ClNO2. The highest BCUT2D eigenvalue weighted by Gasteiger charge is 2.26. The summed E-state index contributed by atoms with van der Waals surface area (Å²) in [6, 6.07) is 4.02. The molecule has 18 heavy (non-hydrogen) atoms. The van der Waals surface area contributed by atoms with Crippen LogP contribution in [0.4, 0.5) is 0 Å². The van der Waals surface area contributed by atoms with Crippen LogP contribution in [0.25, 0.3) is 10.9 Å². The number of rotatable bonds is 1. The zero-order valence-electron chi connectivity index (χ0n) is 10.1. The van der Waals surface area contributed by atoms with E-state index < -0.39 is 5.97 Å². The lowest BCUT2D eigenvalue weighted by Crippen LogP contribution is -2.21. The molecule has 1 atom stereocenters. The number of carboxylic acids is 1. The van der Waals surface area contributed by atoms with Crippen LogP contribution in [0.3, 0.4) is 0 Å². The number of aryl methyl sites for hydroxylation is 2. The van der Waals surface area contributed by atoms with Crippen molar-refractivity contribution in [2.75, 3.05) is 0 Å². The van der Waals surface area contributed by atoms with E-state index in [-0.39, 0.29) is 5.92 Å². The highest BCUT2D eigenvalue weighted by molar-refractivity contribution is 6.32. The molecule has 1 aromatic heterocycles. The first kappa shape index (κ1) is 11.6. The van der Waals surface area contributed by atoms with Crippen molar-refractivity contribution in [2.24, 2.45) is 5.92 Å². The van der Waals surface area contributed by atoms with E-state index in [9.17, 15) is 4.79 Å². The van der Waals surface area contributed by atoms with Gasteiger partial charge in [0.1, 0.15) is 0 Å². The van der Waals surface area contributed by atoms with Crippen LogP contribution in [-0.4, -0.2) is 16.1 Å². The van der Waals surface area contributed by atoms with Gasteiger partial charge in [-0.3, -0.25) is 4.79 Å². The Bertz CT molecular complexity index is 645. The number of halogens is 1. The molecule has 1 heterocycles. The Morgan fingerprint density at radius 2 is 2.28 bits per heavy atom. The average molecular weight is 264 g/mol. The van der Waals surface area contributed by atoms with Gasteiger partial charge in [-0.2, -0.15) is 0 Å². The number of carbonyl (C=O) groups is 1. The monoisotopic (exact) mass is 263 g/mol. The second-order valence-corrected chi connectivity index (χ2v) is 5.41. The fraction of sp³-hybridized carbons (Fsp3) is 0.357. The zero-order chi connectivity index (χ0) is 12.9. The Labute approximate surface area is 110 Å². The van der Waals surface area contributed by atoms with E-state index in [1.54, 1.807) is 0 Å². The van der Waals surface area contributed by atoms with Gasteiger partial charge in [-0.1, -0.05) is 11.6 Å². The molecule has 1 unspecified atom stereocenters. The molecule has 4 heteroatoms. The fourth-order valence-corrected chi connectivity index (χ4v) is 2.94. The number of aromatic nitrogens is 1. The van der Waals surface area contributed by atoms with Crippen LogP contribution >= 0.6 is 11.6 Å². The van der Waals surface area contributed by atoms with E-state index in [1.165, 1.54) is 5.56 Å². The average Bonchev–Trinajstić information content (AvgIpc) is 2.66. The predicted molar refractivity (Wildman–Crippen MR) is 71.2 cm³/mol. The molecule has 0 bridgehead atoms. The van der Waals surface area contributed by atoms with Crippen LogP contribution in [0.5, 0.6) is 0 Å². The summed E-state index contributed by atoms with van der Waals surface area (Å²) in [5, 5.41) is 11.0. The lowest BCUT2D eigenvalue weighted by molar-refractivity contribution is -0.142. The number of H-pyrrole nitrogens is 1. The maximum Gasteiger partial charge on any atom is 0.306 e. The Hall–Kier alpha value is -1.48. The van der Waals surface area contributed by atoms with Crippen LogP contribution in [0.15, 0.2) is 12.1 Å². The minimum atomic E-state index is -0.700. The van der Waals surface area contributed by atoms with Gasteiger partial charge < -0.3 is 10.1 Å². The first-order chi connectivity index (χ1) is 8.56. The normalized spacial score (nSPS) is 18.9. The molecule has 2 N–H and O–H groups in total. The maximum atomic E-state index is 11.1. The van der Waals surface area contributed by atoms with Crippen LogP contribution in [0.2, 0.25) is 5.02 Å². The van der Waals surface area contributed by atoms with Crippen molar-refractivity contribution in [1.29, 1.82) is 0 Å². The van der Waals surface area contributed by atoms with Crippen molar-refractivity contribution in [1.82, 2.24) is 4.98 Å². The van der Waals surface area contributed by atoms with Gasteiger partial charge in [-0.15, -0.1) is 0 Å². The minimum absolute atomic E-state index is 0.262. The van der Waals surface area contributed by atoms with Crippen LogP contribution in [-0.2, 0) is 17.6 Å². The van der Waals surface area contributed by atoms with Crippen LogP contribution in [0, 0.1) is 12.8 Å². The third-order valence-electron chi connectivity index (χ3n) is 3.82. The molecule has 0 saturated heterocycles. The lowest BCUT2D eigenvalue weighted by atomic mass is 9.87. The molecule has 1 aliphatic carbocycles. The molecule has 1 aliphatic rings. The second kappa shape index (κ2) is 4.02. The van der Waals surface area contributed by atoms with E-state index in [1.807, 2.05) is 19.1 Å². The van der Waals surface area contributed by atoms with E-state index in [4.69, 9.17) is 16.7 Å². The minimum Gasteiger partial charge on any atom is -0.481 e. The Morgan fingerprint density at radius 1 is 1.50 bits per heavy atom. The van der Waals surface area contributed by atoms with Crippen molar-refractivity contribution in [3.63, 3.8) is 0 Å². The summed E-state index contributed by atoms with van der Waals surface area (Å²) in [4.78, 5) is 14.4. The van der Waals surface area contributed by atoms with E-state index in [2.05, 4.69) is 4.98 Å². The zero-order valence-corrected chi connectivity index (χ0v) is 10.8. The summed E-state index contributed by atoms with van der Waals surface area (Å²) in [5.74, 6) is -0.962. The molecule has 2 aromatic rings. The first-order valence-corrected chi connectivity index (χ1v) is 6.46. The van der Waals surface area contributed by atoms with Gasteiger partial charge in [0.15, 0.2) is 0 Å². The van der Waals surface area contributed by atoms with Gasteiger partial charge in [-0.05, 0) is 43.0 Å². The molecule has 0 amide bonds. The Morgan fingerprint density at radius 3 is 3.00 bits per heavy atom. The predicted octanol–water partition coefficient (Wildman–Crippen LogP) is 3.32. The third-order valence-corrected chi connectivity index (χ3v) is 4.22. The maximum absolute atomic E-state index is 11.1. The van der Waals surface area contributed by atoms with Crippen molar-refractivity contribution in [3.8, 4) is 0 Å². The van der Waals surface area contributed by atoms with Gasteiger partial charge in [0, 0.05) is 28.0 Å². The van der Waals surface area contributed by atoms with Crippen LogP contribution in [0.1, 0.15) is 23.2 Å². The number of hydrogen-bond donors (Lipinski definition) is 2. The fourth-order valence-electron chi connectivity index (χ4n) is 2.77. The number of aromatic amines is 1. The number of benzene rings is 1. The highest BCUT2D eigenvalue weighted by Crippen LogP contribution is 2.34. The molecule has 0 saturated carbocycles. The summed E-state index contributed by atoms with van der Waals surface area (Å²) < 4.78 is 0. The molecule has 0 aliphatic heterocycles. The van der Waals surface area contributed by atoms with Gasteiger partial charge >= 0.3 is 5.97 Å². The van der Waals surface area contributed by atoms with Crippen molar-refractivity contribution in [2.45, 2.75) is 26.2 Å². The van der Waals surface area contributed by atoms with Crippen molar-refractivity contribution >= 4 is 28.5 Å². The number of hydrogen-bond acceptors (Lipinski definition) is 1. The number of aliphatic carboxylic acids is 1. The van der Waals surface area contributed by atoms with Crippen molar-refractivity contribution < 1.29 is 9.90 Å². The molecular weight excluding hydrogens is 250 g/mol. The topological polar surface area (TPSA) is 53.1 Å². The standard InChI is InChI=1S/C14H14ClNO2/c1-7-4-12-10(6-11(7)15)9-3-2-8(14(17)18)5-13(9)16-12/h4,6,8,16H,2-3,5H2,1H3,(H,17,18). The van der Waals surface area contributed by atoms with Gasteiger partial charge in [0.05, 0.1) is 5.92 Å². The largest absolute Gasteiger partial charge is 0.481 e. The SMILES string of the molecule is Cc1cc2[nH]c3c(c2cc1Cl)CCC(C(=O)O)C3. The van der Waals surface area contributed by atoms with Gasteiger partial charge in [0.25, 0.3) is 0 Å². The molecule has 3 nitrogen and oxygen atoms in total. The highest BCUT2D eigenvalue weighted by atomic mass is 35.5. The van der Waals surface area contributed by atoms with E-state index in [0.29, 0.717) is 12.8 Å². The number of nitrogens with one attached hydrogen (secondary N) is 1. The van der Waals surface area contributed by atoms with E-state index >= 15 is 0 Å². The number of fused-ring (bicyclic) bond motifs is 3. The lowest BCUT2D eigenvalue weighted by Gasteiger charge is -2.18.